The first kappa shape index (κ1) is 10.6. The van der Waals surface area contributed by atoms with E-state index in [1.165, 1.54) is 0 Å². The van der Waals surface area contributed by atoms with Crippen molar-refractivity contribution in [1.29, 1.82) is 0 Å². The van der Waals surface area contributed by atoms with Gasteiger partial charge < -0.3 is 5.11 Å². The second-order valence-corrected chi connectivity index (χ2v) is 4.41. The summed E-state index contributed by atoms with van der Waals surface area (Å²) in [5.74, 6) is 0. The molecular formula is C11H15ClO. The highest BCUT2D eigenvalue weighted by molar-refractivity contribution is 6.31. The van der Waals surface area contributed by atoms with E-state index in [1.807, 2.05) is 39.0 Å². The Hall–Kier alpha value is -0.530. The predicted octanol–water partition coefficient (Wildman–Crippen LogP) is 2.92. The van der Waals surface area contributed by atoms with Gasteiger partial charge in [0.05, 0.1) is 6.61 Å². The zero-order valence-electron chi connectivity index (χ0n) is 8.26. The standard InChI is InChI=1S/C11H15ClO/c1-8-4-5-9(6-10(8)12)11(2,3)7-13/h4-6,13H,7H2,1-3H3. The van der Waals surface area contributed by atoms with Crippen LogP contribution in [0.15, 0.2) is 18.2 Å². The van der Waals surface area contributed by atoms with Gasteiger partial charge in [0, 0.05) is 10.4 Å². The normalized spacial score (nSPS) is 11.8. The lowest BCUT2D eigenvalue weighted by atomic mass is 9.85. The Morgan fingerprint density at radius 1 is 1.38 bits per heavy atom. The molecule has 0 bridgehead atoms. The highest BCUT2D eigenvalue weighted by atomic mass is 35.5. The molecule has 0 saturated carbocycles. The van der Waals surface area contributed by atoms with Crippen molar-refractivity contribution in [3.63, 3.8) is 0 Å². The van der Waals surface area contributed by atoms with Gasteiger partial charge in [-0.3, -0.25) is 0 Å². The topological polar surface area (TPSA) is 20.2 Å². The van der Waals surface area contributed by atoms with Crippen molar-refractivity contribution in [3.8, 4) is 0 Å². The van der Waals surface area contributed by atoms with Crippen LogP contribution in [0.4, 0.5) is 0 Å². The van der Waals surface area contributed by atoms with E-state index in [-0.39, 0.29) is 12.0 Å². The zero-order valence-corrected chi connectivity index (χ0v) is 9.02. The van der Waals surface area contributed by atoms with Gasteiger partial charge >= 0.3 is 0 Å². The van der Waals surface area contributed by atoms with Crippen molar-refractivity contribution >= 4 is 11.6 Å². The summed E-state index contributed by atoms with van der Waals surface area (Å²) in [6, 6.07) is 5.92. The van der Waals surface area contributed by atoms with Crippen LogP contribution in [0.3, 0.4) is 0 Å². The third kappa shape index (κ3) is 2.23. The minimum Gasteiger partial charge on any atom is -0.395 e. The van der Waals surface area contributed by atoms with Gasteiger partial charge in [0.25, 0.3) is 0 Å². The molecule has 0 aliphatic rings. The molecule has 1 rings (SSSR count). The molecule has 1 aromatic rings. The molecule has 1 aromatic carbocycles. The maximum atomic E-state index is 9.16. The molecule has 0 aliphatic carbocycles. The van der Waals surface area contributed by atoms with Crippen molar-refractivity contribution in [2.45, 2.75) is 26.2 Å². The SMILES string of the molecule is Cc1ccc(C(C)(C)CO)cc1Cl. The van der Waals surface area contributed by atoms with E-state index in [4.69, 9.17) is 16.7 Å². The highest BCUT2D eigenvalue weighted by Gasteiger charge is 2.19. The number of hydrogen-bond acceptors (Lipinski definition) is 1. The third-order valence-corrected chi connectivity index (χ3v) is 2.76. The first-order valence-corrected chi connectivity index (χ1v) is 4.72. The fourth-order valence-corrected chi connectivity index (χ4v) is 1.29. The minimum absolute atomic E-state index is 0.131. The van der Waals surface area contributed by atoms with Gasteiger partial charge in [0.15, 0.2) is 0 Å². The van der Waals surface area contributed by atoms with Crippen LogP contribution in [-0.2, 0) is 5.41 Å². The number of rotatable bonds is 2. The Balaban J connectivity index is 3.10. The van der Waals surface area contributed by atoms with E-state index >= 15 is 0 Å². The van der Waals surface area contributed by atoms with Gasteiger partial charge in [0.1, 0.15) is 0 Å². The maximum Gasteiger partial charge on any atom is 0.0522 e. The van der Waals surface area contributed by atoms with E-state index in [2.05, 4.69) is 0 Å². The lowest BCUT2D eigenvalue weighted by molar-refractivity contribution is 0.218. The molecule has 2 heteroatoms. The van der Waals surface area contributed by atoms with Crippen LogP contribution < -0.4 is 0 Å². The Kier molecular flexibility index (Phi) is 2.99. The molecule has 1 nitrogen and oxygen atoms in total. The van der Waals surface area contributed by atoms with Crippen LogP contribution in [-0.4, -0.2) is 11.7 Å². The van der Waals surface area contributed by atoms with Gasteiger partial charge in [-0.25, -0.2) is 0 Å². The minimum atomic E-state index is -0.211. The average Bonchev–Trinajstić information content (AvgIpc) is 2.09. The van der Waals surface area contributed by atoms with Crippen LogP contribution in [0.5, 0.6) is 0 Å². The Labute approximate surface area is 84.4 Å². The second kappa shape index (κ2) is 3.69. The summed E-state index contributed by atoms with van der Waals surface area (Å²) in [5.41, 5.74) is 1.93. The lowest BCUT2D eigenvalue weighted by Crippen LogP contribution is -2.21. The van der Waals surface area contributed by atoms with E-state index in [9.17, 15) is 0 Å². The molecule has 72 valence electrons. The van der Waals surface area contributed by atoms with Crippen LogP contribution in [0.2, 0.25) is 5.02 Å². The van der Waals surface area contributed by atoms with Gasteiger partial charge in [-0.15, -0.1) is 0 Å². The third-order valence-electron chi connectivity index (χ3n) is 2.35. The molecule has 13 heavy (non-hydrogen) atoms. The van der Waals surface area contributed by atoms with Gasteiger partial charge in [0.2, 0.25) is 0 Å². The fraction of sp³-hybridized carbons (Fsp3) is 0.455. The molecule has 0 fully saturated rings. The van der Waals surface area contributed by atoms with E-state index in [0.29, 0.717) is 0 Å². The van der Waals surface area contributed by atoms with Crippen LogP contribution in [0.25, 0.3) is 0 Å². The maximum absolute atomic E-state index is 9.16. The molecule has 0 aromatic heterocycles. The summed E-state index contributed by atoms with van der Waals surface area (Å²) in [6.07, 6.45) is 0. The van der Waals surface area contributed by atoms with Gasteiger partial charge in [-0.1, -0.05) is 37.6 Å². The molecule has 1 N–H and O–H groups in total. The Morgan fingerprint density at radius 3 is 2.46 bits per heavy atom. The zero-order chi connectivity index (χ0) is 10.1. The first-order valence-electron chi connectivity index (χ1n) is 4.35. The Bertz CT molecular complexity index is 305. The van der Waals surface area contributed by atoms with Crippen molar-refractivity contribution in [3.05, 3.63) is 34.3 Å². The van der Waals surface area contributed by atoms with Crippen molar-refractivity contribution < 1.29 is 5.11 Å². The molecule has 0 spiro atoms. The number of benzene rings is 1. The Morgan fingerprint density at radius 2 is 2.00 bits per heavy atom. The predicted molar refractivity (Wildman–Crippen MR) is 56.3 cm³/mol. The summed E-state index contributed by atoms with van der Waals surface area (Å²) >= 11 is 6.00. The molecule has 0 aliphatic heterocycles. The number of aliphatic hydroxyl groups is 1. The molecule has 0 radical (unpaired) electrons. The van der Waals surface area contributed by atoms with Crippen molar-refractivity contribution in [1.82, 2.24) is 0 Å². The second-order valence-electron chi connectivity index (χ2n) is 4.01. The number of aliphatic hydroxyl groups excluding tert-OH is 1. The van der Waals surface area contributed by atoms with E-state index in [0.717, 1.165) is 16.1 Å². The quantitative estimate of drug-likeness (QED) is 0.775. The number of hydrogen-bond donors (Lipinski definition) is 1. The summed E-state index contributed by atoms with van der Waals surface area (Å²) in [4.78, 5) is 0. The van der Waals surface area contributed by atoms with Crippen molar-refractivity contribution in [2.24, 2.45) is 0 Å². The molecule has 0 amide bonds. The first-order chi connectivity index (χ1) is 5.97. The fourth-order valence-electron chi connectivity index (χ4n) is 1.11. The lowest BCUT2D eigenvalue weighted by Gasteiger charge is -2.22. The summed E-state index contributed by atoms with van der Waals surface area (Å²) in [5, 5.41) is 9.93. The van der Waals surface area contributed by atoms with Gasteiger partial charge in [-0.2, -0.15) is 0 Å². The average molecular weight is 199 g/mol. The monoisotopic (exact) mass is 198 g/mol. The molecule has 0 unspecified atom stereocenters. The van der Waals surface area contributed by atoms with Crippen LogP contribution in [0.1, 0.15) is 25.0 Å². The smallest absolute Gasteiger partial charge is 0.0522 e. The van der Waals surface area contributed by atoms with E-state index < -0.39 is 0 Å². The summed E-state index contributed by atoms with van der Waals surface area (Å²) in [6.45, 7) is 6.09. The molecule has 0 atom stereocenters. The van der Waals surface area contributed by atoms with Gasteiger partial charge in [-0.05, 0) is 24.1 Å². The van der Waals surface area contributed by atoms with E-state index in [1.54, 1.807) is 0 Å². The van der Waals surface area contributed by atoms with Crippen molar-refractivity contribution in [2.75, 3.05) is 6.61 Å². The molecule has 0 saturated heterocycles. The molecular weight excluding hydrogens is 184 g/mol. The summed E-state index contributed by atoms with van der Waals surface area (Å²) < 4.78 is 0. The molecule has 0 heterocycles. The highest BCUT2D eigenvalue weighted by Crippen LogP contribution is 2.26. The van der Waals surface area contributed by atoms with Crippen LogP contribution in [0, 0.1) is 6.92 Å². The number of aryl methyl sites for hydroxylation is 1. The number of halogens is 1. The summed E-state index contributed by atoms with van der Waals surface area (Å²) in [7, 11) is 0. The van der Waals surface area contributed by atoms with Crippen LogP contribution >= 0.6 is 11.6 Å². The largest absolute Gasteiger partial charge is 0.395 e.